The first-order chi connectivity index (χ1) is 9.39. The van der Waals surface area contributed by atoms with E-state index in [1.54, 1.807) is 19.1 Å². The van der Waals surface area contributed by atoms with Gasteiger partial charge in [0.25, 0.3) is 0 Å². The normalized spacial score (nSPS) is 12.9. The molecule has 0 aliphatic heterocycles. The Hall–Kier alpha value is -1.44. The Morgan fingerprint density at radius 2 is 1.95 bits per heavy atom. The van der Waals surface area contributed by atoms with Crippen molar-refractivity contribution in [3.8, 4) is 0 Å². The van der Waals surface area contributed by atoms with Crippen LogP contribution in [0, 0.1) is 0 Å². The third-order valence-electron chi connectivity index (χ3n) is 2.73. The Kier molecular flexibility index (Phi) is 6.12. The number of ether oxygens (including phenoxy) is 1. The van der Waals surface area contributed by atoms with E-state index in [9.17, 15) is 13.2 Å². The van der Waals surface area contributed by atoms with E-state index in [2.05, 4.69) is 9.46 Å². The van der Waals surface area contributed by atoms with Crippen molar-refractivity contribution >= 4 is 16.0 Å². The molecule has 0 aromatic heterocycles. The molecule has 0 spiro atoms. The summed E-state index contributed by atoms with van der Waals surface area (Å²) >= 11 is 0. The van der Waals surface area contributed by atoms with Crippen LogP contribution in [0.2, 0.25) is 0 Å². The van der Waals surface area contributed by atoms with Gasteiger partial charge in [0.05, 0.1) is 18.4 Å². The number of esters is 1. The molecule has 0 radical (unpaired) electrons. The molecule has 1 aromatic rings. The van der Waals surface area contributed by atoms with Crippen molar-refractivity contribution in [2.45, 2.75) is 30.7 Å². The first-order valence-electron chi connectivity index (χ1n) is 6.18. The van der Waals surface area contributed by atoms with Gasteiger partial charge in [-0.15, -0.1) is 0 Å². The Morgan fingerprint density at radius 3 is 2.45 bits per heavy atom. The van der Waals surface area contributed by atoms with Crippen molar-refractivity contribution in [3.05, 3.63) is 29.8 Å². The zero-order valence-corrected chi connectivity index (χ0v) is 12.3. The van der Waals surface area contributed by atoms with Crippen LogP contribution in [0.1, 0.15) is 18.9 Å². The molecule has 1 atom stereocenters. The molecule has 0 aliphatic carbocycles. The zero-order valence-electron chi connectivity index (χ0n) is 11.5. The fraction of sp³-hybridized carbons (Fsp3) is 0.462. The number of benzene rings is 1. The average molecular weight is 301 g/mol. The Bertz CT molecular complexity index is 538. The highest BCUT2D eigenvalue weighted by Gasteiger charge is 2.17. The highest BCUT2D eigenvalue weighted by atomic mass is 32.2. The van der Waals surface area contributed by atoms with Gasteiger partial charge in [-0.2, -0.15) is 0 Å². The van der Waals surface area contributed by atoms with Crippen LogP contribution in [0.25, 0.3) is 0 Å². The predicted octanol–water partition coefficient (Wildman–Crippen LogP) is 0.451. The highest BCUT2D eigenvalue weighted by molar-refractivity contribution is 7.89. The number of hydrogen-bond acceptors (Lipinski definition) is 5. The molecule has 2 N–H and O–H groups in total. The van der Waals surface area contributed by atoms with Crippen molar-refractivity contribution in [3.63, 3.8) is 0 Å². The van der Waals surface area contributed by atoms with Crippen LogP contribution in [0.4, 0.5) is 0 Å². The third-order valence-corrected chi connectivity index (χ3v) is 4.33. The molecule has 0 saturated heterocycles. The summed E-state index contributed by atoms with van der Waals surface area (Å²) in [6.07, 6.45) is 0.449. The maximum atomic E-state index is 12.0. The topological polar surface area (TPSA) is 92.7 Å². The molecule has 1 rings (SSSR count). The number of aliphatic hydroxyl groups excluding tert-OH is 1. The van der Waals surface area contributed by atoms with E-state index < -0.39 is 10.0 Å². The van der Waals surface area contributed by atoms with E-state index in [4.69, 9.17) is 5.11 Å². The molecule has 1 aromatic carbocycles. The Balaban J connectivity index is 2.79. The van der Waals surface area contributed by atoms with Gasteiger partial charge < -0.3 is 9.84 Å². The van der Waals surface area contributed by atoms with E-state index in [1.165, 1.54) is 19.2 Å². The standard InChI is InChI=1S/C13H19NO5S/c1-10(7-8-15)14-20(17,18)12-5-3-11(4-6-12)9-13(16)19-2/h3-6,10,14-15H,7-9H2,1-2H3. The first kappa shape index (κ1) is 16.6. The fourth-order valence-electron chi connectivity index (χ4n) is 1.61. The molecule has 0 amide bonds. The van der Waals surface area contributed by atoms with E-state index in [1.807, 2.05) is 0 Å². The Morgan fingerprint density at radius 1 is 1.35 bits per heavy atom. The molecule has 0 aliphatic rings. The number of hydrogen-bond donors (Lipinski definition) is 2. The van der Waals surface area contributed by atoms with E-state index in [0.29, 0.717) is 12.0 Å². The van der Waals surface area contributed by atoms with Crippen LogP contribution in [0.15, 0.2) is 29.2 Å². The van der Waals surface area contributed by atoms with Crippen molar-refractivity contribution in [1.29, 1.82) is 0 Å². The van der Waals surface area contributed by atoms with Crippen LogP contribution < -0.4 is 4.72 Å². The summed E-state index contributed by atoms with van der Waals surface area (Å²) < 4.78 is 31.0. The molecule has 112 valence electrons. The van der Waals surface area contributed by atoms with Gasteiger partial charge >= 0.3 is 5.97 Å². The van der Waals surface area contributed by atoms with Gasteiger partial charge in [-0.3, -0.25) is 4.79 Å². The second-order valence-corrected chi connectivity index (χ2v) is 6.15. The van der Waals surface area contributed by atoms with Crippen molar-refractivity contribution in [1.82, 2.24) is 4.72 Å². The minimum absolute atomic E-state index is 0.0816. The number of carbonyl (C=O) groups excluding carboxylic acids is 1. The molecule has 6 nitrogen and oxygen atoms in total. The van der Waals surface area contributed by atoms with Crippen LogP contribution >= 0.6 is 0 Å². The quantitative estimate of drug-likeness (QED) is 0.713. The zero-order chi connectivity index (χ0) is 15.2. The minimum Gasteiger partial charge on any atom is -0.469 e. The van der Waals surface area contributed by atoms with Gasteiger partial charge in [-0.1, -0.05) is 12.1 Å². The van der Waals surface area contributed by atoms with Crippen molar-refractivity contribution < 1.29 is 23.1 Å². The lowest BCUT2D eigenvalue weighted by Gasteiger charge is -2.13. The molecule has 1 unspecified atom stereocenters. The summed E-state index contributed by atoms with van der Waals surface area (Å²) in [4.78, 5) is 11.2. The molecule has 0 heterocycles. The molecule has 0 bridgehead atoms. The smallest absolute Gasteiger partial charge is 0.309 e. The molecular formula is C13H19NO5S. The lowest BCUT2D eigenvalue weighted by atomic mass is 10.2. The van der Waals surface area contributed by atoms with Gasteiger partial charge in [0, 0.05) is 12.6 Å². The fourth-order valence-corrected chi connectivity index (χ4v) is 2.89. The van der Waals surface area contributed by atoms with Crippen molar-refractivity contribution in [2.75, 3.05) is 13.7 Å². The average Bonchev–Trinajstić information content (AvgIpc) is 2.38. The molecular weight excluding hydrogens is 282 g/mol. The van der Waals surface area contributed by atoms with Gasteiger partial charge in [0.2, 0.25) is 10.0 Å². The molecule has 0 fully saturated rings. The second-order valence-electron chi connectivity index (χ2n) is 4.43. The van der Waals surface area contributed by atoms with Crippen LogP contribution in [0.3, 0.4) is 0 Å². The van der Waals surface area contributed by atoms with Gasteiger partial charge in [-0.25, -0.2) is 13.1 Å². The maximum absolute atomic E-state index is 12.0. The summed E-state index contributed by atoms with van der Waals surface area (Å²) in [5.74, 6) is -0.379. The van der Waals surface area contributed by atoms with Crippen molar-refractivity contribution in [2.24, 2.45) is 0 Å². The number of rotatable bonds is 7. The number of nitrogens with one attached hydrogen (secondary N) is 1. The number of methoxy groups -OCH3 is 1. The lowest BCUT2D eigenvalue weighted by Crippen LogP contribution is -2.33. The van der Waals surface area contributed by atoms with Gasteiger partial charge in [0.15, 0.2) is 0 Å². The number of sulfonamides is 1. The van der Waals surface area contributed by atoms with Crippen LogP contribution in [-0.4, -0.2) is 39.3 Å². The summed E-state index contributed by atoms with van der Waals surface area (Å²) in [7, 11) is -2.31. The summed E-state index contributed by atoms with van der Waals surface area (Å²) in [6.45, 7) is 1.60. The van der Waals surface area contributed by atoms with E-state index in [0.717, 1.165) is 0 Å². The second kappa shape index (κ2) is 7.37. The molecule has 0 saturated carbocycles. The summed E-state index contributed by atoms with van der Waals surface area (Å²) in [5.41, 5.74) is 0.680. The van der Waals surface area contributed by atoms with Crippen LogP contribution in [0.5, 0.6) is 0 Å². The van der Waals surface area contributed by atoms with Crippen LogP contribution in [-0.2, 0) is 26.0 Å². The van der Waals surface area contributed by atoms with E-state index in [-0.39, 0.29) is 29.9 Å². The molecule has 7 heteroatoms. The largest absolute Gasteiger partial charge is 0.469 e. The minimum atomic E-state index is -3.61. The van der Waals surface area contributed by atoms with Gasteiger partial charge in [-0.05, 0) is 31.0 Å². The first-order valence-corrected chi connectivity index (χ1v) is 7.66. The summed E-state index contributed by atoms with van der Waals surface area (Å²) in [6, 6.07) is 5.67. The monoisotopic (exact) mass is 301 g/mol. The van der Waals surface area contributed by atoms with E-state index >= 15 is 0 Å². The summed E-state index contributed by atoms with van der Waals surface area (Å²) in [5, 5.41) is 8.77. The van der Waals surface area contributed by atoms with Gasteiger partial charge in [0.1, 0.15) is 0 Å². The number of carbonyl (C=O) groups is 1. The molecule has 20 heavy (non-hydrogen) atoms. The lowest BCUT2D eigenvalue weighted by molar-refractivity contribution is -0.139. The SMILES string of the molecule is COC(=O)Cc1ccc(S(=O)(=O)NC(C)CCO)cc1. The highest BCUT2D eigenvalue weighted by Crippen LogP contribution is 2.12. The third kappa shape index (κ3) is 4.92. The predicted molar refractivity (Wildman–Crippen MR) is 73.6 cm³/mol. The maximum Gasteiger partial charge on any atom is 0.309 e. The number of aliphatic hydroxyl groups is 1. The Labute approximate surface area is 118 Å².